The van der Waals surface area contributed by atoms with Crippen LogP contribution in [0.2, 0.25) is 4.34 Å². The van der Waals surface area contributed by atoms with E-state index in [1.54, 1.807) is 12.3 Å². The van der Waals surface area contributed by atoms with Gasteiger partial charge in [-0.25, -0.2) is 14.8 Å². The number of hydrogen-bond acceptors (Lipinski definition) is 8. The number of benzene rings is 1. The number of halogens is 1. The molecule has 0 unspecified atom stereocenters. The van der Waals surface area contributed by atoms with Crippen molar-refractivity contribution in [1.82, 2.24) is 15.3 Å². The lowest BCUT2D eigenvalue weighted by atomic mass is 9.87. The highest BCUT2D eigenvalue weighted by molar-refractivity contribution is 7.19. The predicted octanol–water partition coefficient (Wildman–Crippen LogP) is 6.26. The molecule has 10 heteroatoms. The van der Waals surface area contributed by atoms with E-state index < -0.39 is 6.09 Å². The van der Waals surface area contributed by atoms with Gasteiger partial charge in [-0.15, -0.1) is 11.3 Å². The fraction of sp³-hybridized carbons (Fsp3) is 0.407. The molecule has 1 aromatic carbocycles. The van der Waals surface area contributed by atoms with Gasteiger partial charge in [0.05, 0.1) is 40.2 Å². The Morgan fingerprint density at radius 3 is 2.76 bits per heavy atom. The zero-order chi connectivity index (χ0) is 26.4. The summed E-state index contributed by atoms with van der Waals surface area (Å²) in [5, 5.41) is 2.79. The Hall–Kier alpha value is -3.17. The molecule has 196 valence electrons. The monoisotopic (exact) mass is 543 g/mol. The predicted molar refractivity (Wildman–Crippen MR) is 142 cm³/mol. The molecule has 3 atom stereocenters. The summed E-state index contributed by atoms with van der Waals surface area (Å²) >= 11 is 7.64. The number of nitrogens with one attached hydrogen (secondary N) is 1. The van der Waals surface area contributed by atoms with Gasteiger partial charge >= 0.3 is 12.1 Å². The number of rotatable bonds is 8. The van der Waals surface area contributed by atoms with Crippen LogP contribution < -0.4 is 10.1 Å². The molecular formula is C27H30ClN3O5S. The van der Waals surface area contributed by atoms with Crippen molar-refractivity contribution in [3.8, 4) is 16.5 Å². The van der Waals surface area contributed by atoms with Crippen LogP contribution in [0.1, 0.15) is 55.5 Å². The Kier molecular flexibility index (Phi) is 9.00. The zero-order valence-corrected chi connectivity index (χ0v) is 22.6. The standard InChI is InChI=1S/C27H30ClN3O5S/c1-16-22(36-21-11-7-10-19(12-21)26(32)34-3)15-29-25(31-16)24-20(13-23(28)37-24)14-30-27(33)35-17(2)18-8-5-4-6-9-18/h4-6,8-9,13,15,17,19,21H,7,10-12,14H2,1-3H3,(H,30,33)/t17-,19+,21+/m1/s1. The average molecular weight is 544 g/mol. The maximum Gasteiger partial charge on any atom is 0.408 e. The smallest absolute Gasteiger partial charge is 0.408 e. The van der Waals surface area contributed by atoms with E-state index in [4.69, 9.17) is 25.8 Å². The number of amides is 1. The maximum absolute atomic E-state index is 12.4. The first kappa shape index (κ1) is 26.9. The second-order valence-electron chi connectivity index (χ2n) is 8.99. The Morgan fingerprint density at radius 1 is 1.24 bits per heavy atom. The van der Waals surface area contributed by atoms with Gasteiger partial charge in [0.15, 0.2) is 11.6 Å². The SMILES string of the molecule is COC(=O)[C@H]1CCC[C@H](Oc2cnc(-c3sc(Cl)cc3CNC(=O)O[C@H](C)c3ccccc3)nc2C)C1. The van der Waals surface area contributed by atoms with E-state index in [2.05, 4.69) is 15.3 Å². The van der Waals surface area contributed by atoms with Crippen LogP contribution in [0.5, 0.6) is 5.75 Å². The fourth-order valence-corrected chi connectivity index (χ4v) is 5.58. The highest BCUT2D eigenvalue weighted by Crippen LogP contribution is 2.35. The highest BCUT2D eigenvalue weighted by Gasteiger charge is 2.29. The van der Waals surface area contributed by atoms with E-state index in [0.717, 1.165) is 35.3 Å². The largest absolute Gasteiger partial charge is 0.487 e. The van der Waals surface area contributed by atoms with Crippen molar-refractivity contribution in [2.24, 2.45) is 5.92 Å². The first-order valence-corrected chi connectivity index (χ1v) is 13.4. The summed E-state index contributed by atoms with van der Waals surface area (Å²) in [7, 11) is 1.41. The third kappa shape index (κ3) is 6.99. The Morgan fingerprint density at radius 2 is 2.03 bits per heavy atom. The van der Waals surface area contributed by atoms with Crippen LogP contribution >= 0.6 is 22.9 Å². The lowest BCUT2D eigenvalue weighted by Gasteiger charge is -2.28. The first-order valence-electron chi connectivity index (χ1n) is 12.2. The number of ether oxygens (including phenoxy) is 3. The summed E-state index contributed by atoms with van der Waals surface area (Å²) in [5.74, 6) is 0.751. The molecule has 1 aliphatic carbocycles. The average Bonchev–Trinajstić information content (AvgIpc) is 3.29. The topological polar surface area (TPSA) is 99.6 Å². The van der Waals surface area contributed by atoms with E-state index in [0.29, 0.717) is 28.0 Å². The van der Waals surface area contributed by atoms with Crippen molar-refractivity contribution in [1.29, 1.82) is 0 Å². The highest BCUT2D eigenvalue weighted by atomic mass is 35.5. The lowest BCUT2D eigenvalue weighted by molar-refractivity contribution is -0.147. The van der Waals surface area contributed by atoms with Crippen LogP contribution in [0.15, 0.2) is 42.6 Å². The quantitative estimate of drug-likeness (QED) is 0.334. The van der Waals surface area contributed by atoms with Crippen molar-refractivity contribution >= 4 is 35.0 Å². The van der Waals surface area contributed by atoms with Crippen LogP contribution in [0, 0.1) is 12.8 Å². The molecule has 1 fully saturated rings. The van der Waals surface area contributed by atoms with Gasteiger partial charge in [0.1, 0.15) is 6.10 Å². The third-order valence-corrected chi connectivity index (χ3v) is 7.65. The molecule has 37 heavy (non-hydrogen) atoms. The van der Waals surface area contributed by atoms with E-state index in [1.807, 2.05) is 44.2 Å². The molecule has 0 spiro atoms. The number of esters is 1. The Labute approximate surface area is 225 Å². The number of aromatic nitrogens is 2. The molecule has 1 N–H and O–H groups in total. The van der Waals surface area contributed by atoms with Crippen LogP contribution in [-0.4, -0.2) is 35.2 Å². The number of nitrogens with zero attached hydrogens (tertiary/aromatic N) is 2. The van der Waals surface area contributed by atoms with E-state index in [1.165, 1.54) is 18.4 Å². The van der Waals surface area contributed by atoms with E-state index in [-0.39, 0.29) is 30.6 Å². The summed E-state index contributed by atoms with van der Waals surface area (Å²) < 4.78 is 17.1. The summed E-state index contributed by atoms with van der Waals surface area (Å²) in [6.45, 7) is 3.90. The molecule has 1 aliphatic rings. The van der Waals surface area contributed by atoms with Crippen molar-refractivity contribution in [3.63, 3.8) is 0 Å². The molecule has 0 aliphatic heterocycles. The molecule has 3 aromatic rings. The van der Waals surface area contributed by atoms with Crippen LogP contribution in [0.3, 0.4) is 0 Å². The summed E-state index contributed by atoms with van der Waals surface area (Å²) in [6.07, 6.45) is 3.86. The molecule has 2 heterocycles. The number of carbonyl (C=O) groups excluding carboxylic acids is 2. The maximum atomic E-state index is 12.4. The first-order chi connectivity index (χ1) is 17.8. The Bertz CT molecular complexity index is 1240. The van der Waals surface area contributed by atoms with Gasteiger partial charge in [-0.2, -0.15) is 0 Å². The number of alkyl carbamates (subject to hydrolysis) is 1. The lowest BCUT2D eigenvalue weighted by Crippen LogP contribution is -2.30. The van der Waals surface area contributed by atoms with Crippen LogP contribution in [0.25, 0.3) is 10.7 Å². The van der Waals surface area contributed by atoms with Gasteiger partial charge in [0, 0.05) is 6.54 Å². The van der Waals surface area contributed by atoms with Gasteiger partial charge in [0.25, 0.3) is 0 Å². The number of hydrogen-bond donors (Lipinski definition) is 1. The Balaban J connectivity index is 1.39. The van der Waals surface area contributed by atoms with E-state index in [9.17, 15) is 9.59 Å². The molecule has 4 rings (SSSR count). The molecule has 0 bridgehead atoms. The van der Waals surface area contributed by atoms with Crippen molar-refractivity contribution < 1.29 is 23.8 Å². The molecule has 0 radical (unpaired) electrons. The third-order valence-electron chi connectivity index (χ3n) is 6.35. The van der Waals surface area contributed by atoms with Crippen molar-refractivity contribution in [2.75, 3.05) is 7.11 Å². The number of aryl methyl sites for hydroxylation is 1. The van der Waals surface area contributed by atoms with Gasteiger partial charge < -0.3 is 19.5 Å². The fourth-order valence-electron chi connectivity index (χ4n) is 4.37. The number of carbonyl (C=O) groups is 2. The molecule has 1 amide bonds. The molecule has 2 aromatic heterocycles. The van der Waals surface area contributed by atoms with Crippen molar-refractivity contribution in [2.45, 2.75) is 58.3 Å². The minimum Gasteiger partial charge on any atom is -0.487 e. The second-order valence-corrected chi connectivity index (χ2v) is 10.7. The molecular weight excluding hydrogens is 514 g/mol. The summed E-state index contributed by atoms with van der Waals surface area (Å²) in [4.78, 5) is 34.2. The minimum atomic E-state index is -0.525. The van der Waals surface area contributed by atoms with Gasteiger partial charge in [-0.3, -0.25) is 4.79 Å². The van der Waals surface area contributed by atoms with Gasteiger partial charge in [0.2, 0.25) is 0 Å². The number of thiophene rings is 1. The zero-order valence-electron chi connectivity index (χ0n) is 21.0. The molecule has 0 saturated heterocycles. The summed E-state index contributed by atoms with van der Waals surface area (Å²) in [6, 6.07) is 11.3. The van der Waals surface area contributed by atoms with Gasteiger partial charge in [-0.05, 0) is 56.7 Å². The minimum absolute atomic E-state index is 0.0915. The van der Waals surface area contributed by atoms with E-state index >= 15 is 0 Å². The van der Waals surface area contributed by atoms with Crippen LogP contribution in [0.4, 0.5) is 4.79 Å². The second kappa shape index (κ2) is 12.4. The van der Waals surface area contributed by atoms with Crippen molar-refractivity contribution in [3.05, 3.63) is 63.8 Å². The molecule has 1 saturated carbocycles. The van der Waals surface area contributed by atoms with Gasteiger partial charge in [-0.1, -0.05) is 41.9 Å². The number of methoxy groups -OCH3 is 1. The summed E-state index contributed by atoms with van der Waals surface area (Å²) in [5.41, 5.74) is 2.39. The molecule has 8 nitrogen and oxygen atoms in total. The normalized spacial score (nSPS) is 18.1. The van der Waals surface area contributed by atoms with Crippen LogP contribution in [-0.2, 0) is 20.8 Å².